The third-order valence-corrected chi connectivity index (χ3v) is 1.80. The maximum absolute atomic E-state index is 2.38. The van der Waals surface area contributed by atoms with Gasteiger partial charge in [0.25, 0.3) is 0 Å². The zero-order chi connectivity index (χ0) is 5.11. The van der Waals surface area contributed by atoms with Crippen LogP contribution < -0.4 is 0 Å². The maximum Gasteiger partial charge on any atom is 0.0178 e. The second-order valence-electron chi connectivity index (χ2n) is 1.87. The van der Waals surface area contributed by atoms with Crippen LogP contribution in [0.4, 0.5) is 0 Å². The number of alkyl halides is 1. The standard InChI is InChI=1S/C6H9I/c7-5-4-6-2-1-3-6/h4H,1-3,5H2. The molecule has 1 rings (SSSR count). The predicted octanol–water partition coefficient (Wildman–Crippen LogP) is 2.53. The lowest BCUT2D eigenvalue weighted by molar-refractivity contribution is 0.661. The van der Waals surface area contributed by atoms with Crippen LogP contribution in [0.1, 0.15) is 19.3 Å². The van der Waals surface area contributed by atoms with Crippen LogP contribution >= 0.6 is 22.6 Å². The first-order chi connectivity index (χ1) is 3.43. The van der Waals surface area contributed by atoms with Crippen molar-refractivity contribution in [2.24, 2.45) is 0 Å². The summed E-state index contributed by atoms with van der Waals surface area (Å²) in [6.45, 7) is 0. The molecule has 0 unspecified atom stereocenters. The number of hydrogen-bond donors (Lipinski definition) is 0. The molecule has 0 heterocycles. The Morgan fingerprint density at radius 3 is 2.43 bits per heavy atom. The Morgan fingerprint density at radius 2 is 2.29 bits per heavy atom. The molecule has 0 nitrogen and oxygen atoms in total. The van der Waals surface area contributed by atoms with Gasteiger partial charge in [0, 0.05) is 4.43 Å². The molecule has 1 aliphatic carbocycles. The average Bonchev–Trinajstić information content (AvgIpc) is 1.55. The first kappa shape index (κ1) is 5.60. The second kappa shape index (κ2) is 2.70. The highest BCUT2D eigenvalue weighted by molar-refractivity contribution is 14.1. The van der Waals surface area contributed by atoms with Gasteiger partial charge in [-0.15, -0.1) is 0 Å². The van der Waals surface area contributed by atoms with Crippen LogP contribution in [0.3, 0.4) is 0 Å². The van der Waals surface area contributed by atoms with E-state index in [0.29, 0.717) is 0 Å². The highest BCUT2D eigenvalue weighted by Crippen LogP contribution is 2.24. The van der Waals surface area contributed by atoms with E-state index in [-0.39, 0.29) is 0 Å². The molecule has 40 valence electrons. The van der Waals surface area contributed by atoms with Crippen LogP contribution in [0.15, 0.2) is 11.6 Å². The van der Waals surface area contributed by atoms with E-state index in [2.05, 4.69) is 28.7 Å². The number of allylic oxidation sites excluding steroid dienone is 2. The van der Waals surface area contributed by atoms with E-state index in [0.717, 1.165) is 0 Å². The quantitative estimate of drug-likeness (QED) is 0.353. The maximum atomic E-state index is 2.38. The molecule has 0 N–H and O–H groups in total. The summed E-state index contributed by atoms with van der Waals surface area (Å²) in [6, 6.07) is 0. The summed E-state index contributed by atoms with van der Waals surface area (Å²) >= 11 is 2.38. The molecule has 1 saturated carbocycles. The molecule has 1 heteroatoms. The molecule has 0 saturated heterocycles. The van der Waals surface area contributed by atoms with Gasteiger partial charge in [0.2, 0.25) is 0 Å². The lowest BCUT2D eigenvalue weighted by Crippen LogP contribution is -1.95. The minimum Gasteiger partial charge on any atom is -0.0818 e. The lowest BCUT2D eigenvalue weighted by Gasteiger charge is -2.14. The third kappa shape index (κ3) is 1.44. The van der Waals surface area contributed by atoms with Crippen LogP contribution in [0.2, 0.25) is 0 Å². The van der Waals surface area contributed by atoms with Crippen molar-refractivity contribution < 1.29 is 0 Å². The van der Waals surface area contributed by atoms with Gasteiger partial charge in [-0.2, -0.15) is 0 Å². The second-order valence-corrected chi connectivity index (χ2v) is 2.75. The Labute approximate surface area is 58.1 Å². The van der Waals surface area contributed by atoms with Gasteiger partial charge in [-0.1, -0.05) is 34.2 Å². The normalized spacial score (nSPS) is 18.7. The first-order valence-electron chi connectivity index (χ1n) is 2.67. The summed E-state index contributed by atoms with van der Waals surface area (Å²) in [5, 5.41) is 0. The molecule has 7 heavy (non-hydrogen) atoms. The first-order valence-corrected chi connectivity index (χ1v) is 4.20. The zero-order valence-electron chi connectivity index (χ0n) is 4.28. The molecule has 0 spiro atoms. The highest BCUT2D eigenvalue weighted by Gasteiger charge is 2.05. The molecule has 0 aromatic carbocycles. The van der Waals surface area contributed by atoms with Crippen molar-refractivity contribution in [3.63, 3.8) is 0 Å². The number of halogens is 1. The SMILES string of the molecule is ICC=C1CCC1. The zero-order valence-corrected chi connectivity index (χ0v) is 6.44. The Morgan fingerprint density at radius 1 is 1.57 bits per heavy atom. The Kier molecular flexibility index (Phi) is 2.16. The van der Waals surface area contributed by atoms with Gasteiger partial charge in [-0.05, 0) is 19.3 Å². The molecule has 1 aliphatic rings. The van der Waals surface area contributed by atoms with Crippen molar-refractivity contribution in [3.05, 3.63) is 11.6 Å². The van der Waals surface area contributed by atoms with Gasteiger partial charge in [0.1, 0.15) is 0 Å². The molecule has 0 radical (unpaired) electrons. The molecule has 0 amide bonds. The van der Waals surface area contributed by atoms with E-state index in [1.54, 1.807) is 5.57 Å². The lowest BCUT2D eigenvalue weighted by atomic mass is 9.93. The summed E-state index contributed by atoms with van der Waals surface area (Å²) in [5.41, 5.74) is 1.68. The van der Waals surface area contributed by atoms with Crippen LogP contribution in [0, 0.1) is 0 Å². The highest BCUT2D eigenvalue weighted by atomic mass is 127. The summed E-state index contributed by atoms with van der Waals surface area (Å²) in [5.74, 6) is 0. The molecule has 0 aromatic rings. The van der Waals surface area contributed by atoms with Gasteiger partial charge in [-0.25, -0.2) is 0 Å². The minimum absolute atomic E-state index is 1.20. The fourth-order valence-electron chi connectivity index (χ4n) is 0.694. The van der Waals surface area contributed by atoms with E-state index in [4.69, 9.17) is 0 Å². The van der Waals surface area contributed by atoms with Gasteiger partial charge >= 0.3 is 0 Å². The van der Waals surface area contributed by atoms with Crippen LogP contribution in [0.25, 0.3) is 0 Å². The van der Waals surface area contributed by atoms with Crippen molar-refractivity contribution in [1.29, 1.82) is 0 Å². The fraction of sp³-hybridized carbons (Fsp3) is 0.667. The average molecular weight is 208 g/mol. The van der Waals surface area contributed by atoms with Crippen LogP contribution in [-0.2, 0) is 0 Å². The van der Waals surface area contributed by atoms with Gasteiger partial charge in [-0.3, -0.25) is 0 Å². The van der Waals surface area contributed by atoms with E-state index < -0.39 is 0 Å². The smallest absolute Gasteiger partial charge is 0.0178 e. The van der Waals surface area contributed by atoms with E-state index in [1.807, 2.05) is 0 Å². The summed E-state index contributed by atoms with van der Waals surface area (Å²) in [7, 11) is 0. The Hall–Kier alpha value is 0.470. The number of rotatable bonds is 1. The van der Waals surface area contributed by atoms with E-state index in [9.17, 15) is 0 Å². The molecule has 0 aromatic heterocycles. The Balaban J connectivity index is 2.23. The van der Waals surface area contributed by atoms with Crippen molar-refractivity contribution in [2.45, 2.75) is 19.3 Å². The topological polar surface area (TPSA) is 0 Å². The summed E-state index contributed by atoms with van der Waals surface area (Å²) in [6.07, 6.45) is 6.53. The van der Waals surface area contributed by atoms with Crippen molar-refractivity contribution >= 4 is 22.6 Å². The monoisotopic (exact) mass is 208 g/mol. The van der Waals surface area contributed by atoms with Crippen LogP contribution in [-0.4, -0.2) is 4.43 Å². The van der Waals surface area contributed by atoms with E-state index >= 15 is 0 Å². The molecular formula is C6H9I. The molecule has 1 fully saturated rings. The van der Waals surface area contributed by atoms with Crippen LogP contribution in [0.5, 0.6) is 0 Å². The van der Waals surface area contributed by atoms with Crippen molar-refractivity contribution in [3.8, 4) is 0 Å². The largest absolute Gasteiger partial charge is 0.0818 e. The van der Waals surface area contributed by atoms with Crippen molar-refractivity contribution in [1.82, 2.24) is 0 Å². The molecule has 0 bridgehead atoms. The van der Waals surface area contributed by atoms with E-state index in [1.165, 1.54) is 23.7 Å². The fourth-order valence-corrected chi connectivity index (χ4v) is 1.32. The minimum atomic E-state index is 1.20. The molecule has 0 atom stereocenters. The summed E-state index contributed by atoms with van der Waals surface area (Å²) < 4.78 is 1.20. The molecular weight excluding hydrogens is 199 g/mol. The molecule has 0 aliphatic heterocycles. The van der Waals surface area contributed by atoms with Gasteiger partial charge in [0.05, 0.1) is 0 Å². The number of hydrogen-bond acceptors (Lipinski definition) is 0. The predicted molar refractivity (Wildman–Crippen MR) is 40.8 cm³/mol. The summed E-state index contributed by atoms with van der Waals surface area (Å²) in [4.78, 5) is 0. The van der Waals surface area contributed by atoms with Gasteiger partial charge in [0.15, 0.2) is 0 Å². The Bertz CT molecular complexity index is 78.2. The third-order valence-electron chi connectivity index (χ3n) is 1.36. The van der Waals surface area contributed by atoms with Crippen molar-refractivity contribution in [2.75, 3.05) is 4.43 Å². The van der Waals surface area contributed by atoms with Gasteiger partial charge < -0.3 is 0 Å².